The van der Waals surface area contributed by atoms with Crippen LogP contribution in [0.2, 0.25) is 0 Å². The van der Waals surface area contributed by atoms with Gasteiger partial charge in [-0.2, -0.15) is 0 Å². The highest BCUT2D eigenvalue weighted by atomic mass is 32.1. The molecule has 1 fully saturated rings. The van der Waals surface area contributed by atoms with Gasteiger partial charge in [0.2, 0.25) is 5.91 Å². The van der Waals surface area contributed by atoms with Gasteiger partial charge in [-0.3, -0.25) is 14.6 Å². The van der Waals surface area contributed by atoms with Gasteiger partial charge >= 0.3 is 0 Å². The first-order valence-corrected chi connectivity index (χ1v) is 9.37. The molecular weight excluding hydrogens is 306 g/mol. The van der Waals surface area contributed by atoms with Crippen molar-refractivity contribution in [3.63, 3.8) is 0 Å². The molecule has 3 rings (SSSR count). The lowest BCUT2D eigenvalue weighted by Gasteiger charge is -2.31. The number of anilines is 1. The van der Waals surface area contributed by atoms with Gasteiger partial charge < -0.3 is 0 Å². The quantitative estimate of drug-likeness (QED) is 0.833. The van der Waals surface area contributed by atoms with E-state index in [4.69, 9.17) is 0 Å². The molecular formula is C18H25N3OS. The molecule has 1 aliphatic carbocycles. The fraction of sp³-hybridized carbons (Fsp3) is 0.556. The van der Waals surface area contributed by atoms with E-state index in [1.54, 1.807) is 11.3 Å². The molecule has 23 heavy (non-hydrogen) atoms. The number of carbonyl (C=O) groups excluding carboxylic acids is 1. The van der Waals surface area contributed by atoms with Crippen molar-refractivity contribution in [1.82, 2.24) is 9.88 Å². The first-order chi connectivity index (χ1) is 11.2. The lowest BCUT2D eigenvalue weighted by molar-refractivity contribution is -0.120. The molecule has 5 heteroatoms. The number of likely N-dealkylation sites (N-methyl/N-ethyl adjacent to an activating group) is 2. The van der Waals surface area contributed by atoms with Gasteiger partial charge in [0.15, 0.2) is 5.13 Å². The molecule has 0 radical (unpaired) electrons. The highest BCUT2D eigenvalue weighted by Gasteiger charge is 2.24. The van der Waals surface area contributed by atoms with Gasteiger partial charge in [0.25, 0.3) is 0 Å². The maximum absolute atomic E-state index is 12.8. The maximum atomic E-state index is 12.8. The standard InChI is InChI=1S/C18H25N3OS/c1-3-21(18-19-15-11-7-8-12-16(15)23-18)17(22)13-20(2)14-9-5-4-6-10-14/h7-8,11-12,14H,3-6,9-10,13H2,1-2H3. The van der Waals surface area contributed by atoms with E-state index in [1.165, 1.54) is 32.1 Å². The van der Waals surface area contributed by atoms with Crippen molar-refractivity contribution < 1.29 is 4.79 Å². The molecule has 1 aliphatic rings. The third-order valence-electron chi connectivity index (χ3n) is 4.71. The number of rotatable bonds is 5. The Morgan fingerprint density at radius 2 is 2.00 bits per heavy atom. The zero-order valence-electron chi connectivity index (χ0n) is 14.0. The number of carbonyl (C=O) groups is 1. The summed E-state index contributed by atoms with van der Waals surface area (Å²) in [6, 6.07) is 8.62. The van der Waals surface area contributed by atoms with Gasteiger partial charge in [0.05, 0.1) is 16.8 Å². The fourth-order valence-electron chi connectivity index (χ4n) is 3.34. The van der Waals surface area contributed by atoms with Gasteiger partial charge in [-0.05, 0) is 38.9 Å². The Bertz CT molecular complexity index is 630. The Kier molecular flexibility index (Phi) is 5.28. The fourth-order valence-corrected chi connectivity index (χ4v) is 4.39. The molecule has 1 heterocycles. The monoisotopic (exact) mass is 331 g/mol. The normalized spacial score (nSPS) is 16.1. The summed E-state index contributed by atoms with van der Waals surface area (Å²) in [5, 5.41) is 0.816. The van der Waals surface area contributed by atoms with Gasteiger partial charge in [-0.15, -0.1) is 0 Å². The van der Waals surface area contributed by atoms with Crippen molar-refractivity contribution in [1.29, 1.82) is 0 Å². The van der Waals surface area contributed by atoms with Crippen molar-refractivity contribution in [2.24, 2.45) is 0 Å². The van der Waals surface area contributed by atoms with E-state index >= 15 is 0 Å². The first-order valence-electron chi connectivity index (χ1n) is 8.55. The van der Waals surface area contributed by atoms with Crippen LogP contribution in [0.1, 0.15) is 39.0 Å². The second-order valence-electron chi connectivity index (χ2n) is 6.31. The molecule has 0 N–H and O–H groups in total. The average Bonchev–Trinajstić information content (AvgIpc) is 2.99. The van der Waals surface area contributed by atoms with Crippen LogP contribution in [0.5, 0.6) is 0 Å². The topological polar surface area (TPSA) is 36.4 Å². The highest BCUT2D eigenvalue weighted by Crippen LogP contribution is 2.29. The number of hydrogen-bond donors (Lipinski definition) is 0. The van der Waals surface area contributed by atoms with Crippen LogP contribution in [-0.4, -0.2) is 42.0 Å². The number of thiazole rings is 1. The van der Waals surface area contributed by atoms with Crippen molar-refractivity contribution in [2.45, 2.75) is 45.1 Å². The summed E-state index contributed by atoms with van der Waals surface area (Å²) < 4.78 is 1.13. The molecule has 2 aromatic rings. The average molecular weight is 331 g/mol. The molecule has 0 aliphatic heterocycles. The van der Waals surface area contributed by atoms with Gasteiger partial charge in [0.1, 0.15) is 0 Å². The highest BCUT2D eigenvalue weighted by molar-refractivity contribution is 7.22. The van der Waals surface area contributed by atoms with Crippen LogP contribution >= 0.6 is 11.3 Å². The second-order valence-corrected chi connectivity index (χ2v) is 7.32. The predicted octanol–water partition coefficient (Wildman–Crippen LogP) is 3.91. The van der Waals surface area contributed by atoms with E-state index in [0.29, 0.717) is 19.1 Å². The van der Waals surface area contributed by atoms with Crippen LogP contribution in [0.4, 0.5) is 5.13 Å². The largest absolute Gasteiger partial charge is 0.295 e. The van der Waals surface area contributed by atoms with E-state index in [9.17, 15) is 4.79 Å². The Labute approximate surface area is 142 Å². The Balaban J connectivity index is 1.70. The molecule has 1 amide bonds. The smallest absolute Gasteiger partial charge is 0.242 e. The summed E-state index contributed by atoms with van der Waals surface area (Å²) in [5.74, 6) is 0.152. The van der Waals surface area contributed by atoms with Gasteiger partial charge in [-0.1, -0.05) is 42.7 Å². The Hall–Kier alpha value is -1.46. The van der Waals surface area contributed by atoms with E-state index in [1.807, 2.05) is 30.0 Å². The third-order valence-corrected chi connectivity index (χ3v) is 5.77. The van der Waals surface area contributed by atoms with Crippen LogP contribution < -0.4 is 4.90 Å². The Morgan fingerprint density at radius 3 is 2.70 bits per heavy atom. The van der Waals surface area contributed by atoms with Crippen LogP contribution in [-0.2, 0) is 4.79 Å². The van der Waals surface area contributed by atoms with E-state index in [-0.39, 0.29) is 5.91 Å². The lowest BCUT2D eigenvalue weighted by atomic mass is 9.94. The maximum Gasteiger partial charge on any atom is 0.242 e. The Morgan fingerprint density at radius 1 is 1.26 bits per heavy atom. The molecule has 4 nitrogen and oxygen atoms in total. The van der Waals surface area contributed by atoms with E-state index in [0.717, 1.165) is 15.3 Å². The second kappa shape index (κ2) is 7.41. The van der Waals surface area contributed by atoms with Crippen LogP contribution in [0, 0.1) is 0 Å². The molecule has 1 aromatic carbocycles. The predicted molar refractivity (Wildman–Crippen MR) is 97.2 cm³/mol. The van der Waals surface area contributed by atoms with Crippen LogP contribution in [0.3, 0.4) is 0 Å². The van der Waals surface area contributed by atoms with Crippen molar-refractivity contribution >= 4 is 32.6 Å². The van der Waals surface area contributed by atoms with Gasteiger partial charge in [-0.25, -0.2) is 4.98 Å². The van der Waals surface area contributed by atoms with Crippen LogP contribution in [0.15, 0.2) is 24.3 Å². The van der Waals surface area contributed by atoms with Crippen LogP contribution in [0.25, 0.3) is 10.2 Å². The van der Waals surface area contributed by atoms with Crippen molar-refractivity contribution in [2.75, 3.05) is 25.0 Å². The van der Waals surface area contributed by atoms with Crippen molar-refractivity contribution in [3.05, 3.63) is 24.3 Å². The molecule has 0 bridgehead atoms. The van der Waals surface area contributed by atoms with Crippen molar-refractivity contribution in [3.8, 4) is 0 Å². The number of aromatic nitrogens is 1. The third kappa shape index (κ3) is 3.72. The number of hydrogen-bond acceptors (Lipinski definition) is 4. The summed E-state index contributed by atoms with van der Waals surface area (Å²) >= 11 is 1.60. The number of nitrogens with zero attached hydrogens (tertiary/aromatic N) is 3. The number of benzene rings is 1. The number of amides is 1. The minimum absolute atomic E-state index is 0.152. The van der Waals surface area contributed by atoms with Gasteiger partial charge in [0, 0.05) is 12.6 Å². The zero-order chi connectivity index (χ0) is 16.2. The van der Waals surface area contributed by atoms with E-state index in [2.05, 4.69) is 23.0 Å². The lowest BCUT2D eigenvalue weighted by Crippen LogP contribution is -2.43. The summed E-state index contributed by atoms with van der Waals surface area (Å²) in [6.07, 6.45) is 6.36. The van der Waals surface area contributed by atoms with E-state index < -0.39 is 0 Å². The summed E-state index contributed by atoms with van der Waals surface area (Å²) in [7, 11) is 2.08. The molecule has 1 saturated carbocycles. The summed E-state index contributed by atoms with van der Waals surface area (Å²) in [6.45, 7) is 3.16. The minimum atomic E-state index is 0.152. The molecule has 0 saturated heterocycles. The molecule has 1 aromatic heterocycles. The number of fused-ring (bicyclic) bond motifs is 1. The summed E-state index contributed by atoms with van der Waals surface area (Å²) in [4.78, 5) is 21.4. The molecule has 124 valence electrons. The number of para-hydroxylation sites is 1. The SMILES string of the molecule is CCN(C(=O)CN(C)C1CCCCC1)c1nc2ccccc2s1. The molecule has 0 spiro atoms. The molecule has 0 unspecified atom stereocenters. The summed E-state index contributed by atoms with van der Waals surface area (Å²) in [5.41, 5.74) is 0.972. The minimum Gasteiger partial charge on any atom is -0.295 e. The first kappa shape index (κ1) is 16.4. The zero-order valence-corrected chi connectivity index (χ0v) is 14.8. The molecule has 0 atom stereocenters.